The van der Waals surface area contributed by atoms with Crippen LogP contribution < -0.4 is 10.1 Å². The van der Waals surface area contributed by atoms with Crippen molar-refractivity contribution in [1.82, 2.24) is 10.2 Å². The maximum absolute atomic E-state index is 12.4. The van der Waals surface area contributed by atoms with Gasteiger partial charge < -0.3 is 10.1 Å². The Bertz CT molecular complexity index is 745. The van der Waals surface area contributed by atoms with Crippen molar-refractivity contribution < 1.29 is 9.53 Å². The van der Waals surface area contributed by atoms with E-state index in [4.69, 9.17) is 4.74 Å². The van der Waals surface area contributed by atoms with E-state index in [1.807, 2.05) is 12.1 Å². The first-order valence-electron chi connectivity index (χ1n) is 8.47. The molecule has 0 aliphatic carbocycles. The first kappa shape index (κ1) is 15.2. The van der Waals surface area contributed by atoms with Crippen molar-refractivity contribution >= 4 is 5.91 Å². The lowest BCUT2D eigenvalue weighted by Gasteiger charge is -2.18. The van der Waals surface area contributed by atoms with E-state index in [0.29, 0.717) is 11.8 Å². The van der Waals surface area contributed by atoms with Gasteiger partial charge in [-0.25, -0.2) is 0 Å². The van der Waals surface area contributed by atoms with Gasteiger partial charge in [0.2, 0.25) is 0 Å². The molecule has 0 spiro atoms. The normalized spacial score (nSPS) is 23.1. The van der Waals surface area contributed by atoms with Gasteiger partial charge in [-0.05, 0) is 29.2 Å². The Morgan fingerprint density at radius 2 is 2.00 bits per heavy atom. The molecule has 0 saturated carbocycles. The second-order valence-corrected chi connectivity index (χ2v) is 6.71. The van der Waals surface area contributed by atoms with E-state index >= 15 is 0 Å². The number of carbonyl (C=O) groups excluding carboxylic acids is 1. The third kappa shape index (κ3) is 2.78. The molecule has 0 unspecified atom stereocenters. The van der Waals surface area contributed by atoms with Gasteiger partial charge in [-0.3, -0.25) is 9.69 Å². The summed E-state index contributed by atoms with van der Waals surface area (Å²) >= 11 is 0. The molecular formula is C20H22N2O2. The predicted molar refractivity (Wildman–Crippen MR) is 93.3 cm³/mol. The summed E-state index contributed by atoms with van der Waals surface area (Å²) in [6.45, 7) is 3.72. The number of hydrogen-bond acceptors (Lipinski definition) is 3. The Morgan fingerprint density at radius 3 is 2.79 bits per heavy atom. The number of rotatable bonds is 3. The van der Waals surface area contributed by atoms with Crippen molar-refractivity contribution in [2.75, 3.05) is 26.7 Å². The molecule has 2 aliphatic heterocycles. The molecule has 2 heterocycles. The van der Waals surface area contributed by atoms with Crippen molar-refractivity contribution in [3.63, 3.8) is 0 Å². The topological polar surface area (TPSA) is 41.6 Å². The Balaban J connectivity index is 1.60. The summed E-state index contributed by atoms with van der Waals surface area (Å²) in [7, 11) is 1.64. The summed E-state index contributed by atoms with van der Waals surface area (Å²) in [5.41, 5.74) is 3.27. The van der Waals surface area contributed by atoms with Gasteiger partial charge in [-0.1, -0.05) is 36.4 Å². The summed E-state index contributed by atoms with van der Waals surface area (Å²) in [6.07, 6.45) is 0. The van der Waals surface area contributed by atoms with Gasteiger partial charge in [-0.2, -0.15) is 0 Å². The van der Waals surface area contributed by atoms with Crippen molar-refractivity contribution in [2.45, 2.75) is 12.5 Å². The van der Waals surface area contributed by atoms with E-state index in [9.17, 15) is 4.79 Å². The minimum absolute atomic E-state index is 0.0212. The molecular weight excluding hydrogens is 300 g/mol. The molecule has 2 atom stereocenters. The molecule has 2 aromatic carbocycles. The number of amides is 1. The molecule has 4 nitrogen and oxygen atoms in total. The van der Waals surface area contributed by atoms with E-state index in [-0.39, 0.29) is 5.91 Å². The Hall–Kier alpha value is -2.33. The monoisotopic (exact) mass is 322 g/mol. The van der Waals surface area contributed by atoms with Crippen molar-refractivity contribution in [1.29, 1.82) is 0 Å². The van der Waals surface area contributed by atoms with Crippen LogP contribution in [0.5, 0.6) is 5.75 Å². The smallest absolute Gasteiger partial charge is 0.251 e. The fraction of sp³-hybridized carbons (Fsp3) is 0.350. The zero-order valence-electron chi connectivity index (χ0n) is 13.9. The molecule has 0 aromatic heterocycles. The fourth-order valence-electron chi connectivity index (χ4n) is 3.99. The molecule has 0 bridgehead atoms. The summed E-state index contributed by atoms with van der Waals surface area (Å²) in [6, 6.07) is 16.5. The number of ether oxygens (including phenoxy) is 1. The molecule has 1 amide bonds. The number of nitrogens with zero attached hydrogens (tertiary/aromatic N) is 1. The average Bonchev–Trinajstić information content (AvgIpc) is 2.97. The summed E-state index contributed by atoms with van der Waals surface area (Å²) < 4.78 is 5.29. The van der Waals surface area contributed by atoms with Gasteiger partial charge >= 0.3 is 0 Å². The maximum atomic E-state index is 12.4. The van der Waals surface area contributed by atoms with E-state index in [0.717, 1.165) is 43.1 Å². The van der Waals surface area contributed by atoms with Gasteiger partial charge in [0.1, 0.15) is 5.75 Å². The quantitative estimate of drug-likeness (QED) is 0.944. The highest BCUT2D eigenvalue weighted by molar-refractivity contribution is 5.96. The molecule has 124 valence electrons. The SMILES string of the molecule is COc1ccc2c(c1)C(=O)NC[C@@H]1CN(Cc3ccccc3)C[C@@H]21. The number of hydrogen-bond donors (Lipinski definition) is 1. The molecule has 4 heteroatoms. The predicted octanol–water partition coefficient (Wildman–Crippen LogP) is 2.65. The van der Waals surface area contributed by atoms with E-state index in [1.165, 1.54) is 5.56 Å². The largest absolute Gasteiger partial charge is 0.497 e. The highest BCUT2D eigenvalue weighted by Gasteiger charge is 2.38. The van der Waals surface area contributed by atoms with Gasteiger partial charge in [0.05, 0.1) is 7.11 Å². The van der Waals surface area contributed by atoms with Crippen LogP contribution in [0.1, 0.15) is 27.4 Å². The third-order valence-electron chi connectivity index (χ3n) is 5.20. The molecule has 0 radical (unpaired) electrons. The number of benzene rings is 2. The Morgan fingerprint density at radius 1 is 1.17 bits per heavy atom. The van der Waals surface area contributed by atoms with E-state index < -0.39 is 0 Å². The number of fused-ring (bicyclic) bond motifs is 3. The van der Waals surface area contributed by atoms with E-state index in [1.54, 1.807) is 7.11 Å². The first-order valence-corrected chi connectivity index (χ1v) is 8.47. The van der Waals surface area contributed by atoms with Crippen LogP contribution in [0.3, 0.4) is 0 Å². The van der Waals surface area contributed by atoms with Crippen LogP contribution in [-0.2, 0) is 6.54 Å². The molecule has 2 aromatic rings. The van der Waals surface area contributed by atoms with Crippen LogP contribution >= 0.6 is 0 Å². The molecule has 2 aliphatic rings. The second kappa shape index (κ2) is 6.29. The van der Waals surface area contributed by atoms with Gasteiger partial charge in [0.25, 0.3) is 5.91 Å². The van der Waals surface area contributed by atoms with Crippen molar-refractivity contribution in [3.8, 4) is 5.75 Å². The van der Waals surface area contributed by atoms with Crippen molar-refractivity contribution in [2.24, 2.45) is 5.92 Å². The molecule has 1 N–H and O–H groups in total. The standard InChI is InChI=1S/C20H22N2O2/c1-24-16-7-8-17-18(9-16)20(23)21-10-15-12-22(13-19(15)17)11-14-5-3-2-4-6-14/h2-9,15,19H,10-13H2,1H3,(H,21,23)/t15-,19-/m1/s1. The van der Waals surface area contributed by atoms with Crippen LogP contribution in [0.2, 0.25) is 0 Å². The van der Waals surface area contributed by atoms with Crippen molar-refractivity contribution in [3.05, 3.63) is 65.2 Å². The lowest BCUT2D eigenvalue weighted by molar-refractivity contribution is 0.0950. The number of carbonyl (C=O) groups is 1. The van der Waals surface area contributed by atoms with Gasteiger partial charge in [0.15, 0.2) is 0 Å². The lowest BCUT2D eigenvalue weighted by Crippen LogP contribution is -2.29. The highest BCUT2D eigenvalue weighted by atomic mass is 16.5. The zero-order valence-corrected chi connectivity index (χ0v) is 13.9. The number of methoxy groups -OCH3 is 1. The molecule has 4 rings (SSSR count). The molecule has 1 fully saturated rings. The van der Waals surface area contributed by atoms with E-state index in [2.05, 4.69) is 46.6 Å². The number of likely N-dealkylation sites (tertiary alicyclic amines) is 1. The summed E-state index contributed by atoms with van der Waals surface area (Å²) in [4.78, 5) is 14.9. The maximum Gasteiger partial charge on any atom is 0.251 e. The third-order valence-corrected chi connectivity index (χ3v) is 5.20. The molecule has 1 saturated heterocycles. The average molecular weight is 322 g/mol. The molecule has 24 heavy (non-hydrogen) atoms. The fourth-order valence-corrected chi connectivity index (χ4v) is 3.99. The summed E-state index contributed by atoms with van der Waals surface area (Å²) in [5, 5.41) is 3.09. The minimum atomic E-state index is 0.0212. The second-order valence-electron chi connectivity index (χ2n) is 6.71. The van der Waals surface area contributed by atoms with Crippen LogP contribution in [0.4, 0.5) is 0 Å². The number of nitrogens with one attached hydrogen (secondary N) is 1. The lowest BCUT2D eigenvalue weighted by atomic mass is 9.87. The Labute approximate surface area is 142 Å². The highest BCUT2D eigenvalue weighted by Crippen LogP contribution is 2.37. The van der Waals surface area contributed by atoms with Crippen LogP contribution in [0.25, 0.3) is 0 Å². The van der Waals surface area contributed by atoms with Gasteiger partial charge in [0, 0.05) is 37.7 Å². The Kier molecular flexibility index (Phi) is 3.98. The first-order chi connectivity index (χ1) is 11.7. The van der Waals surface area contributed by atoms with Gasteiger partial charge in [-0.15, -0.1) is 0 Å². The van der Waals surface area contributed by atoms with Crippen LogP contribution in [0, 0.1) is 5.92 Å². The zero-order chi connectivity index (χ0) is 16.5. The van der Waals surface area contributed by atoms with Crippen LogP contribution in [0.15, 0.2) is 48.5 Å². The van der Waals surface area contributed by atoms with Crippen LogP contribution in [-0.4, -0.2) is 37.6 Å². The summed E-state index contributed by atoms with van der Waals surface area (Å²) in [5.74, 6) is 1.62. The minimum Gasteiger partial charge on any atom is -0.497 e.